The maximum atomic E-state index is 11.6. The van der Waals surface area contributed by atoms with E-state index in [-0.39, 0.29) is 5.91 Å². The minimum atomic E-state index is -0.0460. The van der Waals surface area contributed by atoms with Crippen LogP contribution in [0.3, 0.4) is 0 Å². The molecule has 0 aromatic carbocycles. The van der Waals surface area contributed by atoms with Gasteiger partial charge in [-0.1, -0.05) is 0 Å². The monoisotopic (exact) mass is 239 g/mol. The first kappa shape index (κ1) is 11.5. The molecule has 1 unspecified atom stereocenters. The highest BCUT2D eigenvalue weighted by Gasteiger charge is 2.15. The first-order valence-electron chi connectivity index (χ1n) is 5.67. The molecule has 0 radical (unpaired) electrons. The first-order chi connectivity index (χ1) is 7.75. The Bertz CT molecular complexity index is 358. The van der Waals surface area contributed by atoms with Gasteiger partial charge >= 0.3 is 0 Å². The summed E-state index contributed by atoms with van der Waals surface area (Å²) >= 11 is 1.51. The number of carbonyl (C=O) groups excluding carboxylic acids is 1. The van der Waals surface area contributed by atoms with Gasteiger partial charge in [-0.2, -0.15) is 0 Å². The zero-order chi connectivity index (χ0) is 11.4. The second-order valence-electron chi connectivity index (χ2n) is 4.16. The molecular formula is C11H17N3OS. The number of hydrogen-bond acceptors (Lipinski definition) is 4. The summed E-state index contributed by atoms with van der Waals surface area (Å²) in [6.45, 7) is 4.86. The van der Waals surface area contributed by atoms with Crippen LogP contribution in [0.1, 0.15) is 28.3 Å². The van der Waals surface area contributed by atoms with Gasteiger partial charge in [-0.15, -0.1) is 11.3 Å². The summed E-state index contributed by atoms with van der Waals surface area (Å²) in [5.74, 6) is 0.674. The van der Waals surface area contributed by atoms with Crippen molar-refractivity contribution in [1.82, 2.24) is 15.6 Å². The van der Waals surface area contributed by atoms with Crippen LogP contribution in [0.4, 0.5) is 0 Å². The van der Waals surface area contributed by atoms with E-state index >= 15 is 0 Å². The Balaban J connectivity index is 1.71. The predicted octanol–water partition coefficient (Wildman–Crippen LogP) is 1.18. The Morgan fingerprint density at radius 3 is 3.25 bits per heavy atom. The van der Waals surface area contributed by atoms with Gasteiger partial charge in [0, 0.05) is 11.9 Å². The van der Waals surface area contributed by atoms with Gasteiger partial charge in [0.2, 0.25) is 0 Å². The van der Waals surface area contributed by atoms with E-state index in [1.54, 1.807) is 0 Å². The first-order valence-corrected chi connectivity index (χ1v) is 6.54. The van der Waals surface area contributed by atoms with E-state index in [0.717, 1.165) is 37.0 Å². The highest BCUT2D eigenvalue weighted by molar-refractivity contribution is 7.09. The lowest BCUT2D eigenvalue weighted by Gasteiger charge is -2.08. The second-order valence-corrected chi connectivity index (χ2v) is 5.22. The van der Waals surface area contributed by atoms with E-state index in [2.05, 4.69) is 15.6 Å². The van der Waals surface area contributed by atoms with Crippen molar-refractivity contribution in [2.45, 2.75) is 19.8 Å². The average Bonchev–Trinajstić information content (AvgIpc) is 2.89. The molecule has 4 nitrogen and oxygen atoms in total. The molecule has 1 atom stereocenters. The van der Waals surface area contributed by atoms with Crippen LogP contribution in [0, 0.1) is 12.8 Å². The topological polar surface area (TPSA) is 54.0 Å². The van der Waals surface area contributed by atoms with Crippen LogP contribution in [-0.4, -0.2) is 30.5 Å². The largest absolute Gasteiger partial charge is 0.351 e. The van der Waals surface area contributed by atoms with Crippen LogP contribution in [-0.2, 0) is 0 Å². The molecule has 88 valence electrons. The van der Waals surface area contributed by atoms with Crippen LogP contribution in [0.5, 0.6) is 0 Å². The average molecular weight is 239 g/mol. The minimum absolute atomic E-state index is 0.0460. The third-order valence-corrected chi connectivity index (χ3v) is 3.63. The molecule has 5 heteroatoms. The van der Waals surface area contributed by atoms with E-state index in [1.807, 2.05) is 12.3 Å². The van der Waals surface area contributed by atoms with E-state index in [4.69, 9.17) is 0 Å². The van der Waals surface area contributed by atoms with Crippen LogP contribution >= 0.6 is 11.3 Å². The lowest BCUT2D eigenvalue weighted by Crippen LogP contribution is -2.26. The van der Waals surface area contributed by atoms with Crippen molar-refractivity contribution in [3.63, 3.8) is 0 Å². The molecule has 2 N–H and O–H groups in total. The lowest BCUT2D eigenvalue weighted by molar-refractivity contribution is 0.0947. The fraction of sp³-hybridized carbons (Fsp3) is 0.636. The van der Waals surface area contributed by atoms with Gasteiger partial charge in [-0.25, -0.2) is 4.98 Å². The van der Waals surface area contributed by atoms with Crippen molar-refractivity contribution in [1.29, 1.82) is 0 Å². The number of aryl methyl sites for hydroxylation is 1. The Kier molecular flexibility index (Phi) is 3.90. The molecule has 0 spiro atoms. The summed E-state index contributed by atoms with van der Waals surface area (Å²) in [7, 11) is 0. The number of thiazole rings is 1. The lowest BCUT2D eigenvalue weighted by atomic mass is 10.1. The number of amides is 1. The summed E-state index contributed by atoms with van der Waals surface area (Å²) < 4.78 is 0. The highest BCUT2D eigenvalue weighted by atomic mass is 32.1. The molecule has 1 saturated heterocycles. The maximum Gasteiger partial charge on any atom is 0.270 e. The summed E-state index contributed by atoms with van der Waals surface area (Å²) in [6.07, 6.45) is 2.29. The molecule has 0 aliphatic carbocycles. The molecule has 1 aliphatic rings. The highest BCUT2D eigenvalue weighted by Crippen LogP contribution is 2.11. The standard InChI is InChI=1S/C11H17N3OS/c1-8-14-10(7-16-8)11(15)13-5-3-9-2-4-12-6-9/h7,9,12H,2-6H2,1H3,(H,13,15). The molecule has 0 saturated carbocycles. The van der Waals surface area contributed by atoms with Gasteiger partial charge < -0.3 is 10.6 Å². The van der Waals surface area contributed by atoms with E-state index < -0.39 is 0 Å². The molecule has 1 aliphatic heterocycles. The summed E-state index contributed by atoms with van der Waals surface area (Å²) in [5.41, 5.74) is 0.548. The number of nitrogens with zero attached hydrogens (tertiary/aromatic N) is 1. The van der Waals surface area contributed by atoms with Crippen LogP contribution < -0.4 is 10.6 Å². The van der Waals surface area contributed by atoms with E-state index in [0.29, 0.717) is 5.69 Å². The molecule has 16 heavy (non-hydrogen) atoms. The second kappa shape index (κ2) is 5.41. The molecule has 1 aromatic rings. The Morgan fingerprint density at radius 2 is 2.62 bits per heavy atom. The maximum absolute atomic E-state index is 11.6. The molecule has 1 fully saturated rings. The SMILES string of the molecule is Cc1nc(C(=O)NCCC2CCNC2)cs1. The molecule has 2 rings (SSSR count). The fourth-order valence-electron chi connectivity index (χ4n) is 1.91. The molecular weight excluding hydrogens is 222 g/mol. The Morgan fingerprint density at radius 1 is 1.75 bits per heavy atom. The van der Waals surface area contributed by atoms with Gasteiger partial charge in [0.05, 0.1) is 5.01 Å². The Labute approximate surface area is 99.5 Å². The molecule has 1 amide bonds. The quantitative estimate of drug-likeness (QED) is 0.829. The molecule has 0 bridgehead atoms. The number of carbonyl (C=O) groups is 1. The van der Waals surface area contributed by atoms with Gasteiger partial charge in [0.25, 0.3) is 5.91 Å². The zero-order valence-electron chi connectivity index (χ0n) is 9.45. The van der Waals surface area contributed by atoms with Crippen molar-refractivity contribution in [2.24, 2.45) is 5.92 Å². The van der Waals surface area contributed by atoms with Crippen molar-refractivity contribution in [3.05, 3.63) is 16.1 Å². The number of hydrogen-bond donors (Lipinski definition) is 2. The van der Waals surface area contributed by atoms with Crippen LogP contribution in [0.25, 0.3) is 0 Å². The zero-order valence-corrected chi connectivity index (χ0v) is 10.3. The van der Waals surface area contributed by atoms with Crippen LogP contribution in [0.15, 0.2) is 5.38 Å². The fourth-order valence-corrected chi connectivity index (χ4v) is 2.50. The number of nitrogens with one attached hydrogen (secondary N) is 2. The third-order valence-electron chi connectivity index (χ3n) is 2.85. The van der Waals surface area contributed by atoms with Gasteiger partial charge in [-0.05, 0) is 38.8 Å². The smallest absolute Gasteiger partial charge is 0.270 e. The normalized spacial score (nSPS) is 19.9. The minimum Gasteiger partial charge on any atom is -0.351 e. The van der Waals surface area contributed by atoms with Gasteiger partial charge in [-0.3, -0.25) is 4.79 Å². The number of rotatable bonds is 4. The predicted molar refractivity (Wildman–Crippen MR) is 64.8 cm³/mol. The summed E-state index contributed by atoms with van der Waals surface area (Å²) in [5, 5.41) is 8.98. The summed E-state index contributed by atoms with van der Waals surface area (Å²) in [4.78, 5) is 15.8. The van der Waals surface area contributed by atoms with Crippen molar-refractivity contribution < 1.29 is 4.79 Å². The van der Waals surface area contributed by atoms with Gasteiger partial charge in [0.1, 0.15) is 5.69 Å². The number of aromatic nitrogens is 1. The van der Waals surface area contributed by atoms with Crippen molar-refractivity contribution >= 4 is 17.2 Å². The van der Waals surface area contributed by atoms with Gasteiger partial charge in [0.15, 0.2) is 0 Å². The molecule has 2 heterocycles. The third kappa shape index (κ3) is 3.02. The van der Waals surface area contributed by atoms with Crippen LogP contribution in [0.2, 0.25) is 0 Å². The van der Waals surface area contributed by atoms with Crippen molar-refractivity contribution in [2.75, 3.05) is 19.6 Å². The molecule has 1 aromatic heterocycles. The Hall–Kier alpha value is -0.940. The van der Waals surface area contributed by atoms with E-state index in [9.17, 15) is 4.79 Å². The van der Waals surface area contributed by atoms with Crippen molar-refractivity contribution in [3.8, 4) is 0 Å². The summed E-state index contributed by atoms with van der Waals surface area (Å²) in [6, 6.07) is 0. The van der Waals surface area contributed by atoms with E-state index in [1.165, 1.54) is 17.8 Å².